The van der Waals surface area contributed by atoms with Gasteiger partial charge in [-0.25, -0.2) is 9.50 Å². The van der Waals surface area contributed by atoms with Crippen LogP contribution in [0.25, 0.3) is 5.65 Å². The van der Waals surface area contributed by atoms with E-state index in [1.165, 1.54) is 10.6 Å². The summed E-state index contributed by atoms with van der Waals surface area (Å²) < 4.78 is 41.4. The summed E-state index contributed by atoms with van der Waals surface area (Å²) in [5.41, 5.74) is 1.38. The second-order valence-electron chi connectivity index (χ2n) is 6.44. The number of hydrogen-bond acceptors (Lipinski definition) is 3. The van der Waals surface area contributed by atoms with Crippen LogP contribution >= 0.6 is 15.9 Å². The van der Waals surface area contributed by atoms with Gasteiger partial charge in [0.2, 0.25) is 0 Å². The summed E-state index contributed by atoms with van der Waals surface area (Å²) in [5, 5.41) is 4.25. The Hall–Kier alpha value is -2.42. The fourth-order valence-corrected chi connectivity index (χ4v) is 3.67. The number of alkyl halides is 3. The first-order valence-electron chi connectivity index (χ1n) is 8.26. The van der Waals surface area contributed by atoms with Gasteiger partial charge in [-0.2, -0.15) is 18.3 Å². The highest BCUT2D eigenvalue weighted by atomic mass is 79.9. The summed E-state index contributed by atoms with van der Waals surface area (Å²) in [6.45, 7) is 2.16. The van der Waals surface area contributed by atoms with Crippen LogP contribution in [0.5, 0.6) is 0 Å². The van der Waals surface area contributed by atoms with Crippen LogP contribution in [0.2, 0.25) is 0 Å². The van der Waals surface area contributed by atoms with E-state index in [2.05, 4.69) is 26.0 Å². The number of rotatable bonds is 1. The van der Waals surface area contributed by atoms with Gasteiger partial charge in [0.25, 0.3) is 5.91 Å². The van der Waals surface area contributed by atoms with Gasteiger partial charge < -0.3 is 4.90 Å². The molecular weight excluding hydrogens is 425 g/mol. The van der Waals surface area contributed by atoms with E-state index in [1.54, 1.807) is 30.3 Å². The summed E-state index contributed by atoms with van der Waals surface area (Å²) in [6.07, 6.45) is -0.629. The highest BCUT2D eigenvalue weighted by molar-refractivity contribution is 9.10. The lowest BCUT2D eigenvalue weighted by atomic mass is 9.91. The number of nitrogens with zero attached hydrogens (tertiary/aromatic N) is 4. The van der Waals surface area contributed by atoms with Gasteiger partial charge in [0.15, 0.2) is 11.3 Å². The van der Waals surface area contributed by atoms with E-state index in [4.69, 9.17) is 0 Å². The largest absolute Gasteiger partial charge is 0.416 e. The smallest absolute Gasteiger partial charge is 0.330 e. The van der Waals surface area contributed by atoms with E-state index < -0.39 is 17.8 Å². The molecule has 0 aliphatic carbocycles. The van der Waals surface area contributed by atoms with Crippen molar-refractivity contribution in [2.24, 2.45) is 0 Å². The Kier molecular flexibility index (Phi) is 4.21. The minimum atomic E-state index is -4.41. The van der Waals surface area contributed by atoms with E-state index in [1.807, 2.05) is 0 Å². The summed E-state index contributed by atoms with van der Waals surface area (Å²) in [4.78, 5) is 18.7. The maximum Gasteiger partial charge on any atom is 0.416 e. The molecule has 1 unspecified atom stereocenters. The standard InChI is InChI=1S/C18H14BrF3N4O/c1-10-14-6-12(18(20,21)22)3-2-11(14)4-5-25(10)17(27)15-7-16-23-8-13(19)9-26(16)24-15/h2-3,6-10H,4-5H2,1H3. The lowest BCUT2D eigenvalue weighted by molar-refractivity contribution is -0.137. The normalized spacial score (nSPS) is 17.2. The maximum absolute atomic E-state index is 13.1. The van der Waals surface area contributed by atoms with Crippen LogP contribution in [0.15, 0.2) is 41.1 Å². The maximum atomic E-state index is 13.1. The second-order valence-corrected chi connectivity index (χ2v) is 7.36. The van der Waals surface area contributed by atoms with Crippen LogP contribution in [0, 0.1) is 0 Å². The molecule has 1 amide bonds. The summed E-state index contributed by atoms with van der Waals surface area (Å²) in [6, 6.07) is 4.83. The van der Waals surface area contributed by atoms with Crippen LogP contribution in [0.1, 0.15) is 40.1 Å². The van der Waals surface area contributed by atoms with Crippen LogP contribution in [-0.4, -0.2) is 31.9 Å². The van der Waals surface area contributed by atoms with Crippen LogP contribution in [0.4, 0.5) is 13.2 Å². The number of carbonyl (C=O) groups is 1. The molecule has 0 radical (unpaired) electrons. The van der Waals surface area contributed by atoms with Gasteiger partial charge in [-0.1, -0.05) is 6.07 Å². The molecule has 2 aromatic heterocycles. The third-order valence-corrected chi connectivity index (χ3v) is 5.18. The first kappa shape index (κ1) is 18.0. The van der Waals surface area contributed by atoms with Gasteiger partial charge in [-0.3, -0.25) is 4.79 Å². The summed E-state index contributed by atoms with van der Waals surface area (Å²) >= 11 is 3.30. The quantitative estimate of drug-likeness (QED) is 0.569. The Morgan fingerprint density at radius 2 is 2.07 bits per heavy atom. The molecule has 27 heavy (non-hydrogen) atoms. The highest BCUT2D eigenvalue weighted by Crippen LogP contribution is 2.36. The zero-order valence-electron chi connectivity index (χ0n) is 14.2. The van der Waals surface area contributed by atoms with Crippen molar-refractivity contribution in [3.05, 3.63) is 63.5 Å². The minimum Gasteiger partial charge on any atom is -0.330 e. The number of hydrogen-bond donors (Lipinski definition) is 0. The topological polar surface area (TPSA) is 50.5 Å². The fourth-order valence-electron chi connectivity index (χ4n) is 3.37. The first-order chi connectivity index (χ1) is 12.7. The molecule has 1 atom stereocenters. The monoisotopic (exact) mass is 438 g/mol. The number of carbonyl (C=O) groups excluding carboxylic acids is 1. The average molecular weight is 439 g/mol. The van der Waals surface area contributed by atoms with Gasteiger partial charge in [0, 0.05) is 25.0 Å². The molecule has 1 aliphatic heterocycles. The molecule has 0 spiro atoms. The van der Waals surface area contributed by atoms with Gasteiger partial charge in [0.05, 0.1) is 16.1 Å². The Morgan fingerprint density at radius 1 is 1.30 bits per heavy atom. The predicted octanol–water partition coefficient (Wildman–Crippen LogP) is 4.27. The van der Waals surface area contributed by atoms with E-state index in [0.717, 1.165) is 22.2 Å². The summed E-state index contributed by atoms with van der Waals surface area (Å²) in [7, 11) is 0. The molecule has 5 nitrogen and oxygen atoms in total. The van der Waals surface area contributed by atoms with E-state index in [0.29, 0.717) is 24.2 Å². The van der Waals surface area contributed by atoms with Crippen molar-refractivity contribution in [3.63, 3.8) is 0 Å². The Labute approximate surface area is 160 Å². The second kappa shape index (κ2) is 6.33. The molecule has 0 bridgehead atoms. The SMILES string of the molecule is CC1c2cc(C(F)(F)F)ccc2CCN1C(=O)c1cc2ncc(Br)cn2n1. The molecule has 1 aliphatic rings. The van der Waals surface area contributed by atoms with Crippen molar-refractivity contribution >= 4 is 27.5 Å². The van der Waals surface area contributed by atoms with Gasteiger partial charge in [0.1, 0.15) is 0 Å². The lowest BCUT2D eigenvalue weighted by Gasteiger charge is -2.35. The van der Waals surface area contributed by atoms with Gasteiger partial charge in [-0.15, -0.1) is 0 Å². The zero-order chi connectivity index (χ0) is 19.3. The van der Waals surface area contributed by atoms with E-state index in [9.17, 15) is 18.0 Å². The fraction of sp³-hybridized carbons (Fsp3) is 0.278. The molecule has 1 aromatic carbocycles. The van der Waals surface area contributed by atoms with E-state index in [-0.39, 0.29) is 11.6 Å². The number of fused-ring (bicyclic) bond motifs is 2. The molecular formula is C18H14BrF3N4O. The van der Waals surface area contributed by atoms with E-state index >= 15 is 0 Å². The van der Waals surface area contributed by atoms with Gasteiger partial charge >= 0.3 is 6.18 Å². The Morgan fingerprint density at radius 3 is 2.81 bits per heavy atom. The summed E-state index contributed by atoms with van der Waals surface area (Å²) in [5.74, 6) is -0.327. The highest BCUT2D eigenvalue weighted by Gasteiger charge is 2.34. The van der Waals surface area contributed by atoms with Crippen molar-refractivity contribution in [2.45, 2.75) is 25.6 Å². The molecule has 0 fully saturated rings. The van der Waals surface area contributed by atoms with Crippen molar-refractivity contribution in [1.82, 2.24) is 19.5 Å². The molecule has 3 aromatic rings. The van der Waals surface area contributed by atoms with Crippen LogP contribution < -0.4 is 0 Å². The Balaban J connectivity index is 1.67. The zero-order valence-corrected chi connectivity index (χ0v) is 15.8. The number of aromatic nitrogens is 3. The van der Waals surface area contributed by atoms with Crippen molar-refractivity contribution in [2.75, 3.05) is 6.54 Å². The van der Waals surface area contributed by atoms with Crippen molar-refractivity contribution in [3.8, 4) is 0 Å². The Bertz CT molecular complexity index is 1050. The first-order valence-corrected chi connectivity index (χ1v) is 9.05. The lowest BCUT2D eigenvalue weighted by Crippen LogP contribution is -2.39. The van der Waals surface area contributed by atoms with Crippen molar-refractivity contribution in [1.29, 1.82) is 0 Å². The molecule has 140 valence electrons. The third kappa shape index (κ3) is 3.20. The molecule has 4 rings (SSSR count). The average Bonchev–Trinajstić information content (AvgIpc) is 3.03. The van der Waals surface area contributed by atoms with Crippen molar-refractivity contribution < 1.29 is 18.0 Å². The van der Waals surface area contributed by atoms with Crippen LogP contribution in [-0.2, 0) is 12.6 Å². The molecule has 0 saturated carbocycles. The van der Waals surface area contributed by atoms with Crippen LogP contribution in [0.3, 0.4) is 0 Å². The number of halogens is 4. The minimum absolute atomic E-state index is 0.211. The molecule has 9 heteroatoms. The number of benzene rings is 1. The number of amides is 1. The predicted molar refractivity (Wildman–Crippen MR) is 95.3 cm³/mol. The molecule has 0 N–H and O–H groups in total. The third-order valence-electron chi connectivity index (χ3n) is 4.77. The molecule has 3 heterocycles. The van der Waals surface area contributed by atoms with Gasteiger partial charge in [-0.05, 0) is 52.5 Å². The molecule has 0 saturated heterocycles.